The lowest BCUT2D eigenvalue weighted by molar-refractivity contribution is -0.00198. The van der Waals surface area contributed by atoms with E-state index in [-0.39, 0.29) is 6.04 Å². The van der Waals surface area contributed by atoms with E-state index in [1.165, 1.54) is 0 Å². The van der Waals surface area contributed by atoms with Crippen molar-refractivity contribution in [3.05, 3.63) is 30.4 Å². The van der Waals surface area contributed by atoms with Crippen LogP contribution in [0, 0.1) is 6.92 Å². The summed E-state index contributed by atoms with van der Waals surface area (Å²) in [5.74, 6) is 1.88. The molecule has 0 amide bonds. The number of H-pyrrole nitrogens is 1. The molecule has 5 rings (SSSR count). The van der Waals surface area contributed by atoms with Crippen molar-refractivity contribution in [2.75, 3.05) is 12.4 Å². The summed E-state index contributed by atoms with van der Waals surface area (Å²) in [6, 6.07) is 4.19. The number of aromatic nitrogens is 6. The highest BCUT2D eigenvalue weighted by Gasteiger charge is 2.31. The molecule has 9 nitrogen and oxygen atoms in total. The van der Waals surface area contributed by atoms with Crippen molar-refractivity contribution in [1.29, 1.82) is 0 Å². The van der Waals surface area contributed by atoms with Crippen LogP contribution in [-0.4, -0.2) is 53.4 Å². The van der Waals surface area contributed by atoms with E-state index in [1.54, 1.807) is 7.11 Å². The Morgan fingerprint density at radius 1 is 1.26 bits per heavy atom. The maximum atomic E-state index is 10.5. The molecule has 1 fully saturated rings. The molecule has 1 aliphatic rings. The summed E-state index contributed by atoms with van der Waals surface area (Å²) >= 11 is 0. The van der Waals surface area contributed by atoms with Gasteiger partial charge in [-0.05, 0) is 51.2 Å². The molecule has 0 unspecified atom stereocenters. The minimum absolute atomic E-state index is 0.238. The number of nitrogens with zero attached hydrogens (tertiary/aromatic N) is 5. The number of pyridine rings is 1. The third-order valence-corrected chi connectivity index (χ3v) is 6.48. The molecule has 0 aromatic carbocycles. The molecule has 162 valence electrons. The number of hydrogen-bond donors (Lipinski definition) is 3. The molecule has 0 aliphatic heterocycles. The topological polar surface area (TPSA) is 113 Å². The third-order valence-electron chi connectivity index (χ3n) is 6.48. The molecule has 4 aromatic heterocycles. The Bertz CT molecular complexity index is 1240. The van der Waals surface area contributed by atoms with Gasteiger partial charge < -0.3 is 20.1 Å². The molecular weight excluding hydrogens is 394 g/mol. The number of rotatable bonds is 5. The second-order valence-electron chi connectivity index (χ2n) is 8.37. The van der Waals surface area contributed by atoms with Gasteiger partial charge >= 0.3 is 0 Å². The van der Waals surface area contributed by atoms with Gasteiger partial charge in [-0.1, -0.05) is 6.92 Å². The maximum absolute atomic E-state index is 10.5. The van der Waals surface area contributed by atoms with E-state index in [2.05, 4.69) is 25.5 Å². The van der Waals surface area contributed by atoms with Gasteiger partial charge in [-0.2, -0.15) is 9.97 Å². The molecule has 31 heavy (non-hydrogen) atoms. The van der Waals surface area contributed by atoms with Crippen LogP contribution in [0.2, 0.25) is 0 Å². The van der Waals surface area contributed by atoms with Gasteiger partial charge in [0, 0.05) is 29.6 Å². The second kappa shape index (κ2) is 7.49. The lowest BCUT2D eigenvalue weighted by atomic mass is 9.80. The van der Waals surface area contributed by atoms with Crippen molar-refractivity contribution >= 4 is 22.6 Å². The van der Waals surface area contributed by atoms with Crippen LogP contribution in [0.5, 0.6) is 5.88 Å². The molecule has 0 bridgehead atoms. The molecule has 1 aliphatic carbocycles. The average molecular weight is 422 g/mol. The zero-order chi connectivity index (χ0) is 21.6. The first-order valence-electron chi connectivity index (χ1n) is 10.7. The highest BCUT2D eigenvalue weighted by molar-refractivity contribution is 5.97. The van der Waals surface area contributed by atoms with Crippen molar-refractivity contribution in [2.24, 2.45) is 0 Å². The average Bonchev–Trinajstić information content (AvgIpc) is 3.38. The fourth-order valence-corrected chi connectivity index (χ4v) is 4.44. The van der Waals surface area contributed by atoms with Crippen LogP contribution in [-0.2, 0) is 0 Å². The number of anilines is 1. The van der Waals surface area contributed by atoms with Gasteiger partial charge in [0.25, 0.3) is 0 Å². The summed E-state index contributed by atoms with van der Waals surface area (Å²) in [5.41, 5.74) is 2.94. The lowest BCUT2D eigenvalue weighted by Crippen LogP contribution is -2.38. The van der Waals surface area contributed by atoms with Gasteiger partial charge in [-0.3, -0.25) is 4.40 Å². The van der Waals surface area contributed by atoms with Crippen LogP contribution in [0.3, 0.4) is 0 Å². The second-order valence-corrected chi connectivity index (χ2v) is 8.37. The summed E-state index contributed by atoms with van der Waals surface area (Å²) in [6.45, 7) is 3.97. The monoisotopic (exact) mass is 421 g/mol. The van der Waals surface area contributed by atoms with E-state index in [0.29, 0.717) is 17.5 Å². The predicted molar refractivity (Wildman–Crippen MR) is 118 cm³/mol. The van der Waals surface area contributed by atoms with Gasteiger partial charge in [0.05, 0.1) is 18.1 Å². The first-order chi connectivity index (χ1) is 15.0. The quantitative estimate of drug-likeness (QED) is 0.452. The number of nitrogens with one attached hydrogen (secondary N) is 2. The van der Waals surface area contributed by atoms with Crippen LogP contribution < -0.4 is 10.1 Å². The first kappa shape index (κ1) is 19.7. The number of fused-ring (bicyclic) bond motifs is 2. The maximum Gasteiger partial charge on any atom is 0.228 e. The van der Waals surface area contributed by atoms with E-state index >= 15 is 0 Å². The molecular formula is C22H27N7O2. The molecule has 0 saturated heterocycles. The van der Waals surface area contributed by atoms with E-state index in [4.69, 9.17) is 9.72 Å². The standard InChI is InChI=1S/C22H27N7O2/c1-4-22(30)9-7-15(8-10-22)24-21-25-19-18(20(26-21)31-3)16(11-23-19)14-5-6-17-28-27-13(2)29(17)12-14/h5-6,11-12,15,30H,4,7-10H2,1-3H3,(H2,23,24,25,26). The molecule has 1 saturated carbocycles. The van der Waals surface area contributed by atoms with Crippen LogP contribution in [0.4, 0.5) is 5.95 Å². The number of ether oxygens (including phenoxy) is 1. The highest BCUT2D eigenvalue weighted by Crippen LogP contribution is 2.36. The number of hydrogen-bond acceptors (Lipinski definition) is 7. The smallest absolute Gasteiger partial charge is 0.228 e. The van der Waals surface area contributed by atoms with Gasteiger partial charge in [0.1, 0.15) is 11.5 Å². The van der Waals surface area contributed by atoms with E-state index in [9.17, 15) is 5.11 Å². The number of aryl methyl sites for hydroxylation is 1. The summed E-state index contributed by atoms with van der Waals surface area (Å²) in [4.78, 5) is 12.6. The first-order valence-corrected chi connectivity index (χ1v) is 10.7. The fourth-order valence-electron chi connectivity index (χ4n) is 4.44. The molecule has 4 heterocycles. The lowest BCUT2D eigenvalue weighted by Gasteiger charge is -2.35. The molecule has 3 N–H and O–H groups in total. The Morgan fingerprint density at radius 2 is 2.06 bits per heavy atom. The summed E-state index contributed by atoms with van der Waals surface area (Å²) in [6.07, 6.45) is 8.09. The molecule has 9 heteroatoms. The highest BCUT2D eigenvalue weighted by atomic mass is 16.5. The number of aromatic amines is 1. The fraction of sp³-hybridized carbons (Fsp3) is 0.455. The molecule has 0 radical (unpaired) electrons. The summed E-state index contributed by atoms with van der Waals surface area (Å²) < 4.78 is 7.60. The van der Waals surface area contributed by atoms with Gasteiger partial charge in [-0.25, -0.2) is 0 Å². The van der Waals surface area contributed by atoms with E-state index in [1.807, 2.05) is 42.8 Å². The Morgan fingerprint density at radius 3 is 2.81 bits per heavy atom. The largest absolute Gasteiger partial charge is 0.480 e. The van der Waals surface area contributed by atoms with Crippen molar-refractivity contribution in [2.45, 2.75) is 57.6 Å². The van der Waals surface area contributed by atoms with Crippen molar-refractivity contribution in [1.82, 2.24) is 29.5 Å². The van der Waals surface area contributed by atoms with Crippen molar-refractivity contribution in [3.8, 4) is 17.0 Å². The van der Waals surface area contributed by atoms with Crippen molar-refractivity contribution < 1.29 is 9.84 Å². The minimum atomic E-state index is -0.529. The SMILES string of the molecule is CCC1(O)CCC(Nc2nc(OC)c3c(-c4ccc5nnc(C)n5c4)c[nH]c3n2)CC1. The molecule has 0 atom stereocenters. The van der Waals surface area contributed by atoms with Crippen LogP contribution in [0.25, 0.3) is 27.8 Å². The van der Waals surface area contributed by atoms with Gasteiger partial charge in [0.2, 0.25) is 11.8 Å². The molecule has 4 aromatic rings. The Balaban J connectivity index is 1.47. The zero-order valence-electron chi connectivity index (χ0n) is 18.0. The minimum Gasteiger partial charge on any atom is -0.480 e. The Kier molecular flexibility index (Phi) is 4.77. The number of methoxy groups -OCH3 is 1. The Hall–Kier alpha value is -3.20. The Labute approximate surface area is 179 Å². The van der Waals surface area contributed by atoms with Gasteiger partial charge in [0.15, 0.2) is 5.65 Å². The predicted octanol–water partition coefficient (Wildman–Crippen LogP) is 3.48. The van der Waals surface area contributed by atoms with E-state index < -0.39 is 5.60 Å². The van der Waals surface area contributed by atoms with Crippen LogP contribution in [0.1, 0.15) is 44.9 Å². The normalized spacial score (nSPS) is 21.6. The number of aliphatic hydroxyl groups is 1. The van der Waals surface area contributed by atoms with Crippen LogP contribution in [0.15, 0.2) is 24.5 Å². The van der Waals surface area contributed by atoms with Gasteiger partial charge in [-0.15, -0.1) is 10.2 Å². The summed E-state index contributed by atoms with van der Waals surface area (Å²) in [7, 11) is 1.62. The van der Waals surface area contributed by atoms with Crippen molar-refractivity contribution in [3.63, 3.8) is 0 Å². The van der Waals surface area contributed by atoms with Crippen LogP contribution >= 0.6 is 0 Å². The van der Waals surface area contributed by atoms with E-state index in [0.717, 1.165) is 60.1 Å². The zero-order valence-corrected chi connectivity index (χ0v) is 18.0. The molecule has 0 spiro atoms. The third kappa shape index (κ3) is 3.48. The summed E-state index contributed by atoms with van der Waals surface area (Å²) in [5, 5.41) is 23.0.